The Balaban J connectivity index is 2.05. The van der Waals surface area contributed by atoms with E-state index in [-0.39, 0.29) is 12.5 Å². The van der Waals surface area contributed by atoms with E-state index in [1.54, 1.807) is 24.3 Å². The van der Waals surface area contributed by atoms with Crippen LogP contribution < -0.4 is 4.90 Å². The second-order valence-corrected chi connectivity index (χ2v) is 4.52. The van der Waals surface area contributed by atoms with Crippen molar-refractivity contribution in [2.45, 2.75) is 6.61 Å². The van der Waals surface area contributed by atoms with Gasteiger partial charge in [0, 0.05) is 30.7 Å². The van der Waals surface area contributed by atoms with E-state index in [9.17, 15) is 4.79 Å². The smallest absolute Gasteiger partial charge is 0.252 e. The molecule has 0 bridgehead atoms. The third-order valence-corrected chi connectivity index (χ3v) is 3.31. The van der Waals surface area contributed by atoms with Gasteiger partial charge in [-0.25, -0.2) is 0 Å². The van der Waals surface area contributed by atoms with Crippen LogP contribution in [0.1, 0.15) is 5.56 Å². The summed E-state index contributed by atoms with van der Waals surface area (Å²) in [4.78, 5) is 17.4. The molecule has 19 heavy (non-hydrogen) atoms. The van der Waals surface area contributed by atoms with Crippen molar-refractivity contribution in [3.8, 4) is 11.1 Å². The Hall–Kier alpha value is -2.20. The number of hydrogen-bond acceptors (Lipinski definition) is 3. The summed E-state index contributed by atoms with van der Waals surface area (Å²) >= 11 is 0. The number of pyridine rings is 1. The van der Waals surface area contributed by atoms with Gasteiger partial charge in [-0.05, 0) is 35.4 Å². The van der Waals surface area contributed by atoms with Crippen molar-refractivity contribution < 1.29 is 9.53 Å². The molecule has 0 fully saturated rings. The minimum Gasteiger partial charge on any atom is -0.367 e. The molecule has 96 valence electrons. The summed E-state index contributed by atoms with van der Waals surface area (Å²) < 4.78 is 5.39. The van der Waals surface area contributed by atoms with Gasteiger partial charge in [-0.2, -0.15) is 0 Å². The van der Waals surface area contributed by atoms with Crippen LogP contribution in [-0.2, 0) is 16.1 Å². The number of benzene rings is 1. The predicted octanol–water partition coefficient (Wildman–Crippen LogP) is 2.24. The fourth-order valence-corrected chi connectivity index (χ4v) is 2.23. The molecule has 0 spiro atoms. The molecule has 1 aliphatic rings. The number of hydrogen-bond donors (Lipinski definition) is 0. The van der Waals surface area contributed by atoms with E-state index in [4.69, 9.17) is 4.74 Å². The Morgan fingerprint density at radius 1 is 1.11 bits per heavy atom. The Bertz CT molecular complexity index is 611. The first-order valence-corrected chi connectivity index (χ1v) is 6.13. The Kier molecular flexibility index (Phi) is 3.01. The number of anilines is 1. The second-order valence-electron chi connectivity index (χ2n) is 4.52. The topological polar surface area (TPSA) is 42.4 Å². The molecular weight excluding hydrogens is 240 g/mol. The molecule has 1 aliphatic heterocycles. The molecule has 4 heteroatoms. The van der Waals surface area contributed by atoms with Crippen LogP contribution in [0.15, 0.2) is 42.7 Å². The SMILES string of the molecule is CN1C(=O)COCc2cc(-c3ccncc3)ccc21. The van der Waals surface area contributed by atoms with E-state index in [1.807, 2.05) is 24.3 Å². The Morgan fingerprint density at radius 3 is 2.68 bits per heavy atom. The average molecular weight is 254 g/mol. The largest absolute Gasteiger partial charge is 0.367 e. The average Bonchev–Trinajstić information content (AvgIpc) is 2.60. The number of amides is 1. The molecular formula is C15H14N2O2. The highest BCUT2D eigenvalue weighted by molar-refractivity contribution is 5.95. The molecule has 1 aromatic heterocycles. The molecule has 0 aliphatic carbocycles. The van der Waals surface area contributed by atoms with E-state index >= 15 is 0 Å². The van der Waals surface area contributed by atoms with Crippen LogP contribution in [0.25, 0.3) is 11.1 Å². The number of carbonyl (C=O) groups is 1. The third-order valence-electron chi connectivity index (χ3n) is 3.31. The first-order valence-electron chi connectivity index (χ1n) is 6.13. The second kappa shape index (κ2) is 4.82. The van der Waals surface area contributed by atoms with E-state index < -0.39 is 0 Å². The Labute approximate surface area is 111 Å². The first kappa shape index (κ1) is 11.9. The number of fused-ring (bicyclic) bond motifs is 1. The van der Waals surface area contributed by atoms with Gasteiger partial charge in [0.2, 0.25) is 0 Å². The maximum Gasteiger partial charge on any atom is 0.252 e. The molecule has 2 heterocycles. The number of aromatic nitrogens is 1. The summed E-state index contributed by atoms with van der Waals surface area (Å²) in [7, 11) is 1.78. The van der Waals surface area contributed by atoms with E-state index in [2.05, 4.69) is 11.1 Å². The minimum absolute atomic E-state index is 0.0181. The molecule has 1 aromatic carbocycles. The van der Waals surface area contributed by atoms with Crippen molar-refractivity contribution >= 4 is 11.6 Å². The molecule has 0 N–H and O–H groups in total. The molecule has 1 amide bonds. The van der Waals surface area contributed by atoms with Crippen LogP contribution in [0.2, 0.25) is 0 Å². The van der Waals surface area contributed by atoms with Gasteiger partial charge in [-0.15, -0.1) is 0 Å². The fourth-order valence-electron chi connectivity index (χ4n) is 2.23. The minimum atomic E-state index is -0.0181. The lowest BCUT2D eigenvalue weighted by atomic mass is 10.0. The van der Waals surface area contributed by atoms with E-state index in [0.29, 0.717) is 6.61 Å². The summed E-state index contributed by atoms with van der Waals surface area (Å²) in [6.45, 7) is 0.597. The van der Waals surface area contributed by atoms with Crippen LogP contribution >= 0.6 is 0 Å². The zero-order valence-corrected chi connectivity index (χ0v) is 10.7. The third kappa shape index (κ3) is 2.22. The first-order chi connectivity index (χ1) is 9.25. The zero-order chi connectivity index (χ0) is 13.2. The molecule has 3 rings (SSSR count). The maximum atomic E-state index is 11.7. The molecule has 4 nitrogen and oxygen atoms in total. The van der Waals surface area contributed by atoms with Crippen molar-refractivity contribution in [1.29, 1.82) is 0 Å². The van der Waals surface area contributed by atoms with Gasteiger partial charge in [-0.3, -0.25) is 9.78 Å². The summed E-state index contributed by atoms with van der Waals surface area (Å²) in [6, 6.07) is 9.99. The highest BCUT2D eigenvalue weighted by Crippen LogP contribution is 2.29. The summed E-state index contributed by atoms with van der Waals surface area (Å²) in [5.74, 6) is -0.0181. The molecule has 0 saturated carbocycles. The molecule has 2 aromatic rings. The van der Waals surface area contributed by atoms with E-state index in [1.165, 1.54) is 0 Å². The lowest BCUT2D eigenvalue weighted by Crippen LogP contribution is -2.28. The van der Waals surface area contributed by atoms with Gasteiger partial charge >= 0.3 is 0 Å². The van der Waals surface area contributed by atoms with Gasteiger partial charge in [0.25, 0.3) is 5.91 Å². The molecule has 0 radical (unpaired) electrons. The van der Waals surface area contributed by atoms with Crippen LogP contribution in [0.4, 0.5) is 5.69 Å². The van der Waals surface area contributed by atoms with Crippen LogP contribution in [0, 0.1) is 0 Å². The molecule has 0 unspecified atom stereocenters. The monoisotopic (exact) mass is 254 g/mol. The van der Waals surface area contributed by atoms with E-state index in [0.717, 1.165) is 22.4 Å². The number of ether oxygens (including phenoxy) is 1. The van der Waals surface area contributed by atoms with Gasteiger partial charge in [0.05, 0.1) is 6.61 Å². The standard InChI is InChI=1S/C15H14N2O2/c1-17-14-3-2-12(11-4-6-16-7-5-11)8-13(14)9-19-10-15(17)18/h2-8H,9-10H2,1H3. The molecule has 0 saturated heterocycles. The quantitative estimate of drug-likeness (QED) is 0.783. The highest BCUT2D eigenvalue weighted by Gasteiger charge is 2.19. The van der Waals surface area contributed by atoms with Crippen LogP contribution in [0.5, 0.6) is 0 Å². The summed E-state index contributed by atoms with van der Waals surface area (Å²) in [5, 5.41) is 0. The van der Waals surface area contributed by atoms with Gasteiger partial charge < -0.3 is 9.64 Å². The van der Waals surface area contributed by atoms with Crippen molar-refractivity contribution in [3.05, 3.63) is 48.3 Å². The molecule has 0 atom stereocenters. The summed E-state index contributed by atoms with van der Waals surface area (Å²) in [5.41, 5.74) is 4.16. The van der Waals surface area contributed by atoms with Crippen molar-refractivity contribution in [2.24, 2.45) is 0 Å². The van der Waals surface area contributed by atoms with Crippen LogP contribution in [-0.4, -0.2) is 24.5 Å². The van der Waals surface area contributed by atoms with Gasteiger partial charge in [0.15, 0.2) is 0 Å². The predicted molar refractivity (Wildman–Crippen MR) is 72.7 cm³/mol. The zero-order valence-electron chi connectivity index (χ0n) is 10.7. The number of rotatable bonds is 1. The number of carbonyl (C=O) groups excluding carboxylic acids is 1. The van der Waals surface area contributed by atoms with Gasteiger partial charge in [0.1, 0.15) is 6.61 Å². The normalized spacial score (nSPS) is 15.0. The van der Waals surface area contributed by atoms with Crippen molar-refractivity contribution in [2.75, 3.05) is 18.6 Å². The van der Waals surface area contributed by atoms with Gasteiger partial charge in [-0.1, -0.05) is 6.07 Å². The Morgan fingerprint density at radius 2 is 1.89 bits per heavy atom. The lowest BCUT2D eigenvalue weighted by Gasteiger charge is -2.17. The lowest BCUT2D eigenvalue weighted by molar-refractivity contribution is -0.122. The fraction of sp³-hybridized carbons (Fsp3) is 0.200. The summed E-state index contributed by atoms with van der Waals surface area (Å²) in [6.07, 6.45) is 3.54. The van der Waals surface area contributed by atoms with Crippen molar-refractivity contribution in [3.63, 3.8) is 0 Å². The highest BCUT2D eigenvalue weighted by atomic mass is 16.5. The van der Waals surface area contributed by atoms with Crippen molar-refractivity contribution in [1.82, 2.24) is 4.98 Å². The number of likely N-dealkylation sites (N-methyl/N-ethyl adjacent to an activating group) is 1. The van der Waals surface area contributed by atoms with Crippen LogP contribution in [0.3, 0.4) is 0 Å². The number of nitrogens with zero attached hydrogens (tertiary/aromatic N) is 2. The maximum absolute atomic E-state index is 11.7.